The van der Waals surface area contributed by atoms with Crippen molar-refractivity contribution in [1.29, 1.82) is 0 Å². The molecule has 1 heterocycles. The minimum Gasteiger partial charge on any atom is -0.481 e. The van der Waals surface area contributed by atoms with Gasteiger partial charge in [-0.3, -0.25) is 14.4 Å². The zero-order valence-electron chi connectivity index (χ0n) is 13.5. The van der Waals surface area contributed by atoms with Gasteiger partial charge in [-0.1, -0.05) is 18.2 Å². The number of rotatable bonds is 5. The number of aliphatic carboxylic acids is 1. The quantitative estimate of drug-likeness (QED) is 0.863. The Morgan fingerprint density at radius 3 is 2.58 bits per heavy atom. The lowest BCUT2D eigenvalue weighted by Crippen LogP contribution is -2.44. The highest BCUT2D eigenvalue weighted by atomic mass is 16.4. The number of carbonyl (C=O) groups is 3. The summed E-state index contributed by atoms with van der Waals surface area (Å²) >= 11 is 0. The van der Waals surface area contributed by atoms with Crippen LogP contribution < -0.4 is 5.32 Å². The summed E-state index contributed by atoms with van der Waals surface area (Å²) in [5.74, 6) is -0.960. The Morgan fingerprint density at radius 2 is 1.88 bits per heavy atom. The van der Waals surface area contributed by atoms with Crippen molar-refractivity contribution in [2.75, 3.05) is 18.4 Å². The molecule has 2 fully saturated rings. The maximum Gasteiger partial charge on any atom is 0.307 e. The lowest BCUT2D eigenvalue weighted by molar-refractivity contribution is -0.137. The molecule has 2 N–H and O–H groups in total. The van der Waals surface area contributed by atoms with Gasteiger partial charge in [-0.15, -0.1) is 0 Å². The van der Waals surface area contributed by atoms with Gasteiger partial charge in [0, 0.05) is 24.7 Å². The molecule has 2 aliphatic rings. The second-order valence-corrected chi connectivity index (χ2v) is 6.61. The third kappa shape index (κ3) is 3.93. The van der Waals surface area contributed by atoms with E-state index in [0.29, 0.717) is 17.8 Å². The van der Waals surface area contributed by atoms with Crippen LogP contribution in [0.1, 0.15) is 31.2 Å². The maximum atomic E-state index is 12.6. The van der Waals surface area contributed by atoms with Gasteiger partial charge in [0.25, 0.3) is 0 Å². The number of benzene rings is 1. The molecule has 3 rings (SSSR count). The van der Waals surface area contributed by atoms with Crippen LogP contribution in [0, 0.1) is 11.8 Å². The van der Waals surface area contributed by atoms with Crippen molar-refractivity contribution < 1.29 is 19.5 Å². The summed E-state index contributed by atoms with van der Waals surface area (Å²) in [6, 6.07) is 6.94. The number of likely N-dealkylation sites (tertiary alicyclic amines) is 1. The van der Waals surface area contributed by atoms with E-state index in [-0.39, 0.29) is 30.1 Å². The summed E-state index contributed by atoms with van der Waals surface area (Å²) in [4.78, 5) is 37.5. The van der Waals surface area contributed by atoms with Gasteiger partial charge in [-0.2, -0.15) is 0 Å². The molecule has 24 heavy (non-hydrogen) atoms. The zero-order chi connectivity index (χ0) is 17.1. The van der Waals surface area contributed by atoms with E-state index in [0.717, 1.165) is 32.2 Å². The Hall–Kier alpha value is -2.37. The molecule has 1 saturated heterocycles. The van der Waals surface area contributed by atoms with Gasteiger partial charge in [-0.25, -0.2) is 0 Å². The summed E-state index contributed by atoms with van der Waals surface area (Å²) < 4.78 is 0. The van der Waals surface area contributed by atoms with E-state index in [2.05, 4.69) is 5.32 Å². The molecule has 1 unspecified atom stereocenters. The number of carboxylic acids is 1. The highest BCUT2D eigenvalue weighted by Gasteiger charge is 2.36. The minimum absolute atomic E-state index is 0.132. The van der Waals surface area contributed by atoms with E-state index < -0.39 is 5.97 Å². The second-order valence-electron chi connectivity index (χ2n) is 6.61. The topological polar surface area (TPSA) is 86.7 Å². The molecule has 1 saturated carbocycles. The average molecular weight is 330 g/mol. The predicted molar refractivity (Wildman–Crippen MR) is 88.4 cm³/mol. The molecule has 1 aliphatic carbocycles. The van der Waals surface area contributed by atoms with Crippen molar-refractivity contribution in [1.82, 2.24) is 4.90 Å². The van der Waals surface area contributed by atoms with Crippen molar-refractivity contribution in [2.24, 2.45) is 11.8 Å². The summed E-state index contributed by atoms with van der Waals surface area (Å²) in [5, 5.41) is 11.8. The molecule has 0 spiro atoms. The van der Waals surface area contributed by atoms with Crippen molar-refractivity contribution in [3.8, 4) is 0 Å². The minimum atomic E-state index is -0.935. The molecular weight excluding hydrogens is 308 g/mol. The Morgan fingerprint density at radius 1 is 1.12 bits per heavy atom. The number of anilines is 1. The molecule has 1 aromatic rings. The average Bonchev–Trinajstić information content (AvgIpc) is 3.40. The van der Waals surface area contributed by atoms with Gasteiger partial charge < -0.3 is 15.3 Å². The third-order valence-corrected chi connectivity index (χ3v) is 4.65. The Balaban J connectivity index is 1.64. The number of nitrogens with zero attached hydrogens (tertiary/aromatic N) is 1. The standard InChI is InChI=1S/C18H22N2O4/c21-16(22)10-13-4-1-2-6-15(13)19-17(23)14-5-3-9-20(11-14)18(24)12-7-8-12/h1-2,4,6,12,14H,3,5,7-11H2,(H,19,23)(H,21,22). The molecule has 2 amide bonds. The smallest absolute Gasteiger partial charge is 0.307 e. The fourth-order valence-corrected chi connectivity index (χ4v) is 3.17. The Bertz CT molecular complexity index is 654. The normalized spacial score (nSPS) is 20.5. The molecule has 128 valence electrons. The van der Waals surface area contributed by atoms with E-state index in [1.807, 2.05) is 4.90 Å². The monoisotopic (exact) mass is 330 g/mol. The van der Waals surface area contributed by atoms with E-state index >= 15 is 0 Å². The van der Waals surface area contributed by atoms with Crippen LogP contribution in [0.2, 0.25) is 0 Å². The SMILES string of the molecule is O=C(O)Cc1ccccc1NC(=O)C1CCCN(C(=O)C2CC2)C1. The molecule has 0 aromatic heterocycles. The number of hydrogen-bond acceptors (Lipinski definition) is 3. The highest BCUT2D eigenvalue weighted by molar-refractivity contribution is 5.94. The fraction of sp³-hybridized carbons (Fsp3) is 0.500. The van der Waals surface area contributed by atoms with Gasteiger partial charge in [0.05, 0.1) is 12.3 Å². The first kappa shape index (κ1) is 16.5. The van der Waals surface area contributed by atoms with Crippen molar-refractivity contribution in [3.63, 3.8) is 0 Å². The number of piperidine rings is 1. The first-order chi connectivity index (χ1) is 11.5. The van der Waals surface area contributed by atoms with E-state index in [1.165, 1.54) is 0 Å². The van der Waals surface area contributed by atoms with E-state index in [4.69, 9.17) is 5.11 Å². The maximum absolute atomic E-state index is 12.6. The summed E-state index contributed by atoms with van der Waals surface area (Å²) in [7, 11) is 0. The van der Waals surface area contributed by atoms with Crippen LogP contribution in [0.15, 0.2) is 24.3 Å². The summed E-state index contributed by atoms with van der Waals surface area (Å²) in [5.41, 5.74) is 1.12. The first-order valence-electron chi connectivity index (χ1n) is 8.44. The second kappa shape index (κ2) is 7.03. The Kier molecular flexibility index (Phi) is 4.83. The molecule has 1 atom stereocenters. The zero-order valence-corrected chi connectivity index (χ0v) is 13.5. The third-order valence-electron chi connectivity index (χ3n) is 4.65. The van der Waals surface area contributed by atoms with Crippen LogP contribution >= 0.6 is 0 Å². The highest BCUT2D eigenvalue weighted by Crippen LogP contribution is 2.32. The molecular formula is C18H22N2O4. The van der Waals surface area contributed by atoms with Crippen LogP contribution in [-0.2, 0) is 20.8 Å². The Labute approximate surface area is 140 Å². The summed E-state index contributed by atoms with van der Waals surface area (Å²) in [6.45, 7) is 1.19. The van der Waals surface area contributed by atoms with Gasteiger partial charge in [-0.05, 0) is 37.3 Å². The number of para-hydroxylation sites is 1. The van der Waals surface area contributed by atoms with Crippen LogP contribution in [-0.4, -0.2) is 40.9 Å². The van der Waals surface area contributed by atoms with Crippen molar-refractivity contribution >= 4 is 23.5 Å². The lowest BCUT2D eigenvalue weighted by Gasteiger charge is -2.32. The largest absolute Gasteiger partial charge is 0.481 e. The first-order valence-corrected chi connectivity index (χ1v) is 8.44. The summed E-state index contributed by atoms with van der Waals surface area (Å²) in [6.07, 6.45) is 3.38. The van der Waals surface area contributed by atoms with Crippen molar-refractivity contribution in [2.45, 2.75) is 32.1 Å². The van der Waals surface area contributed by atoms with Crippen molar-refractivity contribution in [3.05, 3.63) is 29.8 Å². The van der Waals surface area contributed by atoms with Crippen LogP contribution in [0.4, 0.5) is 5.69 Å². The lowest BCUT2D eigenvalue weighted by atomic mass is 9.96. The van der Waals surface area contributed by atoms with E-state index in [9.17, 15) is 14.4 Å². The number of hydrogen-bond donors (Lipinski definition) is 2. The van der Waals surface area contributed by atoms with Gasteiger partial charge >= 0.3 is 5.97 Å². The molecule has 1 aliphatic heterocycles. The van der Waals surface area contributed by atoms with Gasteiger partial charge in [0.2, 0.25) is 11.8 Å². The molecule has 1 aromatic carbocycles. The molecule has 6 nitrogen and oxygen atoms in total. The van der Waals surface area contributed by atoms with Crippen LogP contribution in [0.5, 0.6) is 0 Å². The fourth-order valence-electron chi connectivity index (χ4n) is 3.17. The van der Waals surface area contributed by atoms with E-state index in [1.54, 1.807) is 24.3 Å². The number of carboxylic acid groups (broad SMARTS) is 1. The van der Waals surface area contributed by atoms with Gasteiger partial charge in [0.15, 0.2) is 0 Å². The van der Waals surface area contributed by atoms with Gasteiger partial charge in [0.1, 0.15) is 0 Å². The number of amides is 2. The van der Waals surface area contributed by atoms with Crippen LogP contribution in [0.3, 0.4) is 0 Å². The predicted octanol–water partition coefficient (Wildman–Crippen LogP) is 1.90. The number of carbonyl (C=O) groups excluding carboxylic acids is 2. The number of nitrogens with one attached hydrogen (secondary N) is 1. The molecule has 6 heteroatoms. The van der Waals surface area contributed by atoms with Crippen LogP contribution in [0.25, 0.3) is 0 Å². The molecule has 0 radical (unpaired) electrons. The molecule has 0 bridgehead atoms.